The van der Waals surface area contributed by atoms with Gasteiger partial charge in [-0.05, 0) is 48.9 Å². The highest BCUT2D eigenvalue weighted by Gasteiger charge is 2.38. The maximum Gasteiger partial charge on any atom is 0.119 e. The van der Waals surface area contributed by atoms with Gasteiger partial charge in [0, 0.05) is 5.54 Å². The van der Waals surface area contributed by atoms with E-state index in [1.807, 2.05) is 6.07 Å². The molecule has 2 nitrogen and oxygen atoms in total. The van der Waals surface area contributed by atoms with E-state index >= 15 is 0 Å². The van der Waals surface area contributed by atoms with Gasteiger partial charge in [0.25, 0.3) is 0 Å². The van der Waals surface area contributed by atoms with Gasteiger partial charge >= 0.3 is 0 Å². The normalized spacial score (nSPS) is 24.2. The molecule has 0 bridgehead atoms. The first-order valence-electron chi connectivity index (χ1n) is 6.85. The summed E-state index contributed by atoms with van der Waals surface area (Å²) in [6, 6.07) is 8.53. The number of rotatable bonds is 3. The Balaban J connectivity index is 2.34. The predicted molar refractivity (Wildman–Crippen MR) is 76.0 cm³/mol. The second kappa shape index (κ2) is 4.93. The van der Waals surface area contributed by atoms with Gasteiger partial charge in [0.05, 0.1) is 7.11 Å². The number of nitrogens with one attached hydrogen (secondary N) is 1. The van der Waals surface area contributed by atoms with E-state index < -0.39 is 0 Å². The Morgan fingerprint density at radius 1 is 1.33 bits per heavy atom. The van der Waals surface area contributed by atoms with E-state index in [1.54, 1.807) is 7.11 Å². The fourth-order valence-electron chi connectivity index (χ4n) is 3.13. The topological polar surface area (TPSA) is 21.3 Å². The molecule has 1 aromatic rings. The van der Waals surface area contributed by atoms with E-state index in [4.69, 9.17) is 4.74 Å². The summed E-state index contributed by atoms with van der Waals surface area (Å²) in [6.45, 7) is 8.06. The number of ether oxygens (including phenoxy) is 1. The second-order valence-electron chi connectivity index (χ2n) is 6.58. The number of methoxy groups -OCH3 is 1. The van der Waals surface area contributed by atoms with Crippen LogP contribution in [0.4, 0.5) is 0 Å². The monoisotopic (exact) mass is 247 g/mol. The van der Waals surface area contributed by atoms with E-state index in [-0.39, 0.29) is 5.54 Å². The van der Waals surface area contributed by atoms with Gasteiger partial charge in [-0.1, -0.05) is 32.9 Å². The molecule has 18 heavy (non-hydrogen) atoms. The van der Waals surface area contributed by atoms with Crippen molar-refractivity contribution in [2.75, 3.05) is 13.7 Å². The third kappa shape index (κ3) is 2.86. The van der Waals surface area contributed by atoms with E-state index in [0.717, 1.165) is 18.7 Å². The Morgan fingerprint density at radius 3 is 2.67 bits per heavy atom. The molecule has 0 saturated carbocycles. The molecule has 1 saturated heterocycles. The minimum atomic E-state index is 0.132. The van der Waals surface area contributed by atoms with Gasteiger partial charge in [-0.25, -0.2) is 0 Å². The molecule has 0 aromatic heterocycles. The van der Waals surface area contributed by atoms with Crippen LogP contribution >= 0.6 is 0 Å². The predicted octanol–water partition coefficient (Wildman–Crippen LogP) is 3.71. The average Bonchev–Trinajstić information content (AvgIpc) is 2.76. The van der Waals surface area contributed by atoms with Crippen molar-refractivity contribution in [1.29, 1.82) is 0 Å². The molecule has 100 valence electrons. The molecule has 0 aliphatic carbocycles. The summed E-state index contributed by atoms with van der Waals surface area (Å²) >= 11 is 0. The van der Waals surface area contributed by atoms with Crippen LogP contribution in [0.1, 0.15) is 45.6 Å². The lowest BCUT2D eigenvalue weighted by atomic mass is 9.75. The molecule has 1 aliphatic rings. The van der Waals surface area contributed by atoms with Crippen LogP contribution in [-0.4, -0.2) is 13.7 Å². The van der Waals surface area contributed by atoms with Crippen molar-refractivity contribution >= 4 is 0 Å². The van der Waals surface area contributed by atoms with E-state index in [9.17, 15) is 0 Å². The highest BCUT2D eigenvalue weighted by Crippen LogP contribution is 2.41. The van der Waals surface area contributed by atoms with Crippen molar-refractivity contribution in [2.24, 2.45) is 5.41 Å². The molecule has 0 amide bonds. The molecule has 1 atom stereocenters. The maximum atomic E-state index is 5.36. The molecule has 1 heterocycles. The first-order valence-corrected chi connectivity index (χ1v) is 6.85. The zero-order valence-corrected chi connectivity index (χ0v) is 12.0. The number of benzene rings is 1. The van der Waals surface area contributed by atoms with Crippen LogP contribution in [0.5, 0.6) is 5.75 Å². The van der Waals surface area contributed by atoms with Crippen LogP contribution in [0.25, 0.3) is 0 Å². The summed E-state index contributed by atoms with van der Waals surface area (Å²) in [6.07, 6.45) is 3.64. The number of hydrogen-bond acceptors (Lipinski definition) is 2. The van der Waals surface area contributed by atoms with Crippen molar-refractivity contribution in [2.45, 2.75) is 45.6 Å². The fraction of sp³-hybridized carbons (Fsp3) is 0.625. The van der Waals surface area contributed by atoms with Crippen LogP contribution in [-0.2, 0) is 5.54 Å². The summed E-state index contributed by atoms with van der Waals surface area (Å²) in [5.74, 6) is 0.953. The minimum absolute atomic E-state index is 0.132. The average molecular weight is 247 g/mol. The van der Waals surface area contributed by atoms with Crippen molar-refractivity contribution in [3.63, 3.8) is 0 Å². The zero-order valence-electron chi connectivity index (χ0n) is 12.0. The summed E-state index contributed by atoms with van der Waals surface area (Å²) < 4.78 is 5.36. The van der Waals surface area contributed by atoms with E-state index in [1.165, 1.54) is 18.4 Å². The minimum Gasteiger partial charge on any atom is -0.497 e. The van der Waals surface area contributed by atoms with Gasteiger partial charge in [0.1, 0.15) is 5.75 Å². The summed E-state index contributed by atoms with van der Waals surface area (Å²) in [5.41, 5.74) is 1.82. The van der Waals surface area contributed by atoms with Crippen molar-refractivity contribution < 1.29 is 4.74 Å². The van der Waals surface area contributed by atoms with Crippen molar-refractivity contribution in [1.82, 2.24) is 5.32 Å². The summed E-state index contributed by atoms with van der Waals surface area (Å²) in [4.78, 5) is 0. The molecule has 1 aliphatic heterocycles. The third-order valence-electron chi connectivity index (χ3n) is 3.70. The quantitative estimate of drug-likeness (QED) is 0.879. The van der Waals surface area contributed by atoms with Crippen LogP contribution in [0, 0.1) is 5.41 Å². The standard InChI is InChI=1S/C16H25NO/c1-15(2,3)12-16(9-6-10-17-16)13-7-5-8-14(11-13)18-4/h5,7-8,11,17H,6,9-10,12H2,1-4H3. The van der Waals surface area contributed by atoms with E-state index in [2.05, 4.69) is 44.3 Å². The molecule has 1 N–H and O–H groups in total. The Bertz CT molecular complexity index is 400. The lowest BCUT2D eigenvalue weighted by Crippen LogP contribution is -2.40. The molecule has 1 unspecified atom stereocenters. The van der Waals surface area contributed by atoms with Crippen molar-refractivity contribution in [3.8, 4) is 5.75 Å². The van der Waals surface area contributed by atoms with E-state index in [0.29, 0.717) is 5.41 Å². The van der Waals surface area contributed by atoms with Crippen molar-refractivity contribution in [3.05, 3.63) is 29.8 Å². The van der Waals surface area contributed by atoms with Gasteiger partial charge in [0.15, 0.2) is 0 Å². The summed E-state index contributed by atoms with van der Waals surface area (Å²) in [7, 11) is 1.73. The Hall–Kier alpha value is -1.02. The van der Waals surface area contributed by atoms with Gasteiger partial charge in [0.2, 0.25) is 0 Å². The van der Waals surface area contributed by atoms with Gasteiger partial charge in [-0.2, -0.15) is 0 Å². The summed E-state index contributed by atoms with van der Waals surface area (Å²) in [5, 5.41) is 3.74. The zero-order chi connectivity index (χ0) is 13.2. The lowest BCUT2D eigenvalue weighted by molar-refractivity contribution is 0.232. The van der Waals surface area contributed by atoms with Crippen LogP contribution < -0.4 is 10.1 Å². The third-order valence-corrected chi connectivity index (χ3v) is 3.70. The molecule has 1 aromatic carbocycles. The van der Waals surface area contributed by atoms with Gasteiger partial charge in [-0.15, -0.1) is 0 Å². The Morgan fingerprint density at radius 2 is 2.11 bits per heavy atom. The van der Waals surface area contributed by atoms with Gasteiger partial charge < -0.3 is 10.1 Å². The molecular formula is C16H25NO. The molecule has 0 radical (unpaired) electrons. The SMILES string of the molecule is COc1cccc(C2(CC(C)(C)C)CCCN2)c1. The molecular weight excluding hydrogens is 222 g/mol. The highest BCUT2D eigenvalue weighted by atomic mass is 16.5. The van der Waals surface area contributed by atoms with Gasteiger partial charge in [-0.3, -0.25) is 0 Å². The molecule has 1 fully saturated rings. The molecule has 0 spiro atoms. The Kier molecular flexibility index (Phi) is 3.67. The largest absolute Gasteiger partial charge is 0.497 e. The molecule has 2 heteroatoms. The van der Waals surface area contributed by atoms with Crippen LogP contribution in [0.15, 0.2) is 24.3 Å². The van der Waals surface area contributed by atoms with Crippen LogP contribution in [0.3, 0.4) is 0 Å². The first kappa shape index (κ1) is 13.4. The smallest absolute Gasteiger partial charge is 0.119 e. The maximum absolute atomic E-state index is 5.36. The fourth-order valence-corrected chi connectivity index (χ4v) is 3.13. The highest BCUT2D eigenvalue weighted by molar-refractivity contribution is 5.34. The second-order valence-corrected chi connectivity index (χ2v) is 6.58. The first-order chi connectivity index (χ1) is 8.45. The number of hydrogen-bond donors (Lipinski definition) is 1. The molecule has 2 rings (SSSR count). The Labute approximate surface area is 111 Å². The lowest BCUT2D eigenvalue weighted by Gasteiger charge is -2.36. The van der Waals surface area contributed by atoms with Crippen LogP contribution in [0.2, 0.25) is 0 Å².